The van der Waals surface area contributed by atoms with Crippen LogP contribution >= 0.6 is 0 Å². The van der Waals surface area contributed by atoms with Crippen molar-refractivity contribution in [1.29, 1.82) is 0 Å². The second-order valence-corrected chi connectivity index (χ2v) is 14.2. The fourth-order valence-electron chi connectivity index (χ4n) is 5.44. The molecule has 10 nitrogen and oxygen atoms in total. The molecule has 0 amide bonds. The molecule has 0 aromatic carbocycles. The van der Waals surface area contributed by atoms with Gasteiger partial charge in [-0.1, -0.05) is 160 Å². The highest BCUT2D eigenvalue weighted by Gasteiger charge is 2.44. The Bertz CT molecular complexity index is 1490. The summed E-state index contributed by atoms with van der Waals surface area (Å²) in [5.41, 5.74) is 0. The van der Waals surface area contributed by atoms with Gasteiger partial charge in [0.25, 0.3) is 0 Å². The molecule has 3 unspecified atom stereocenters. The second-order valence-electron chi connectivity index (χ2n) is 14.2. The zero-order valence-electron chi connectivity index (χ0n) is 36.6. The number of aliphatic hydroxyl groups excluding tert-OH is 4. The third-order valence-corrected chi connectivity index (χ3v) is 8.85. The number of ether oxygens (including phenoxy) is 4. The second kappa shape index (κ2) is 39.7. The molecule has 61 heavy (non-hydrogen) atoms. The Balaban J connectivity index is 2.42. The molecule has 0 aromatic rings. The van der Waals surface area contributed by atoms with Crippen LogP contribution in [0, 0.1) is 0 Å². The molecule has 10 heteroatoms. The van der Waals surface area contributed by atoms with Gasteiger partial charge >= 0.3 is 11.9 Å². The molecule has 1 rings (SSSR count). The van der Waals surface area contributed by atoms with Crippen LogP contribution < -0.4 is 0 Å². The first-order valence-electron chi connectivity index (χ1n) is 22.0. The minimum atomic E-state index is -1.63. The highest BCUT2D eigenvalue weighted by atomic mass is 16.7. The summed E-state index contributed by atoms with van der Waals surface area (Å²) in [4.78, 5) is 25.3. The van der Waals surface area contributed by atoms with Gasteiger partial charge in [0.15, 0.2) is 12.4 Å². The summed E-state index contributed by atoms with van der Waals surface area (Å²) in [6, 6.07) is 0. The van der Waals surface area contributed by atoms with Crippen LogP contribution in [0.4, 0.5) is 0 Å². The van der Waals surface area contributed by atoms with Crippen LogP contribution in [0.25, 0.3) is 0 Å². The minimum Gasteiger partial charge on any atom is -0.462 e. The molecule has 1 saturated heterocycles. The molecule has 0 bridgehead atoms. The largest absolute Gasteiger partial charge is 0.462 e. The Kier molecular flexibility index (Phi) is 35.5. The molecule has 1 aliphatic rings. The van der Waals surface area contributed by atoms with Crippen LogP contribution in [-0.4, -0.2) is 89.0 Å². The van der Waals surface area contributed by atoms with Gasteiger partial charge in [0.2, 0.25) is 0 Å². The SMILES string of the molecule is CC/C=C/C=C/C=C/C=C/C=C/CCCC(=O)OC(COC(=O)CCC/C=C/C/C=C/C/C=C/C/C=C/C/C=C/C/C=C/C/C=C/CC)CO[C@H]1O[C@@H](CO)[C@@H](O)C(O)C1O. The maximum atomic E-state index is 12.7. The van der Waals surface area contributed by atoms with E-state index in [1.807, 2.05) is 60.8 Å². The lowest BCUT2D eigenvalue weighted by atomic mass is 9.99. The van der Waals surface area contributed by atoms with E-state index in [2.05, 4.69) is 98.9 Å². The smallest absolute Gasteiger partial charge is 0.306 e. The van der Waals surface area contributed by atoms with E-state index in [-0.39, 0.29) is 26.1 Å². The van der Waals surface area contributed by atoms with Crippen molar-refractivity contribution < 1.29 is 49.0 Å². The predicted octanol–water partition coefficient (Wildman–Crippen LogP) is 9.43. The molecule has 338 valence electrons. The van der Waals surface area contributed by atoms with E-state index in [9.17, 15) is 30.0 Å². The number of rotatable bonds is 33. The summed E-state index contributed by atoms with van der Waals surface area (Å²) in [5.74, 6) is -0.983. The zero-order chi connectivity index (χ0) is 44.4. The van der Waals surface area contributed by atoms with Gasteiger partial charge in [0.1, 0.15) is 31.0 Å². The lowest BCUT2D eigenvalue weighted by Gasteiger charge is -2.39. The van der Waals surface area contributed by atoms with Crippen LogP contribution in [0.3, 0.4) is 0 Å². The van der Waals surface area contributed by atoms with E-state index in [4.69, 9.17) is 18.9 Å². The molecule has 0 aromatic heterocycles. The van der Waals surface area contributed by atoms with Crippen LogP contribution in [0.2, 0.25) is 0 Å². The Morgan fingerprint density at radius 3 is 1.48 bits per heavy atom. The van der Waals surface area contributed by atoms with Crippen molar-refractivity contribution >= 4 is 11.9 Å². The van der Waals surface area contributed by atoms with Gasteiger partial charge in [0.05, 0.1) is 13.2 Å². The Morgan fingerprint density at radius 1 is 0.525 bits per heavy atom. The van der Waals surface area contributed by atoms with E-state index in [0.29, 0.717) is 25.7 Å². The quantitative estimate of drug-likeness (QED) is 0.0218. The van der Waals surface area contributed by atoms with Gasteiger partial charge in [0, 0.05) is 12.8 Å². The third-order valence-electron chi connectivity index (χ3n) is 8.85. The van der Waals surface area contributed by atoms with Crippen LogP contribution in [-0.2, 0) is 28.5 Å². The minimum absolute atomic E-state index is 0.111. The van der Waals surface area contributed by atoms with Crippen molar-refractivity contribution in [3.8, 4) is 0 Å². The topological polar surface area (TPSA) is 152 Å². The number of hydrogen-bond acceptors (Lipinski definition) is 10. The van der Waals surface area contributed by atoms with Crippen molar-refractivity contribution in [3.63, 3.8) is 0 Å². The van der Waals surface area contributed by atoms with Gasteiger partial charge in [-0.2, -0.15) is 0 Å². The van der Waals surface area contributed by atoms with Crippen molar-refractivity contribution in [2.45, 2.75) is 141 Å². The van der Waals surface area contributed by atoms with Gasteiger partial charge in [-0.25, -0.2) is 0 Å². The monoisotopic (exact) mass is 847 g/mol. The molecule has 0 saturated carbocycles. The number of hydrogen-bond donors (Lipinski definition) is 4. The molecular formula is C51H74O10. The zero-order valence-corrected chi connectivity index (χ0v) is 36.6. The maximum absolute atomic E-state index is 12.7. The Morgan fingerprint density at radius 2 is 0.967 bits per heavy atom. The van der Waals surface area contributed by atoms with Gasteiger partial charge in [-0.05, 0) is 77.0 Å². The number of carbonyl (C=O) groups is 2. The number of esters is 2. The van der Waals surface area contributed by atoms with Crippen molar-refractivity contribution in [3.05, 3.63) is 146 Å². The number of aliphatic hydroxyl groups is 4. The van der Waals surface area contributed by atoms with E-state index in [1.165, 1.54) is 0 Å². The maximum Gasteiger partial charge on any atom is 0.306 e. The molecular weight excluding hydrogens is 773 g/mol. The molecule has 4 N–H and O–H groups in total. The summed E-state index contributed by atoms with van der Waals surface area (Å²) in [5, 5.41) is 40.0. The number of unbranched alkanes of at least 4 members (excludes halogenated alkanes) is 2. The van der Waals surface area contributed by atoms with Crippen LogP contribution in [0.1, 0.15) is 104 Å². The van der Waals surface area contributed by atoms with E-state index < -0.39 is 55.4 Å². The predicted molar refractivity (Wildman–Crippen MR) is 246 cm³/mol. The average molecular weight is 847 g/mol. The van der Waals surface area contributed by atoms with Crippen LogP contribution in [0.15, 0.2) is 146 Å². The summed E-state index contributed by atoms with van der Waals surface area (Å²) in [7, 11) is 0. The first-order valence-corrected chi connectivity index (χ1v) is 22.0. The van der Waals surface area contributed by atoms with Gasteiger partial charge < -0.3 is 39.4 Å². The van der Waals surface area contributed by atoms with E-state index >= 15 is 0 Å². The highest BCUT2D eigenvalue weighted by molar-refractivity contribution is 5.70. The number of allylic oxidation sites excluding steroid dienone is 24. The summed E-state index contributed by atoms with van der Waals surface area (Å²) in [6.07, 6.45) is 51.6. The van der Waals surface area contributed by atoms with Crippen molar-refractivity contribution in [2.24, 2.45) is 0 Å². The normalized spacial score (nSPS) is 21.2. The summed E-state index contributed by atoms with van der Waals surface area (Å²) < 4.78 is 22.0. The van der Waals surface area contributed by atoms with Crippen LogP contribution in [0.5, 0.6) is 0 Å². The molecule has 0 radical (unpaired) electrons. The molecule has 0 spiro atoms. The molecule has 0 aliphatic carbocycles. The molecule has 6 atom stereocenters. The average Bonchev–Trinajstić information content (AvgIpc) is 3.26. The standard InChI is InChI=1S/C51H74O10/c1-3-5-7-9-11-13-15-17-18-19-20-21-22-23-24-25-26-28-29-31-33-35-37-39-46(53)58-42-44(43-59-51-50(57)49(56)48(55)45(41-52)61-51)60-47(54)40-38-36-34-32-30-27-16-14-12-10-8-6-4-2/h5-8,10-14,16-18,20-21,23-24,26-28,30-34,44-45,48-52,55-57H,3-4,9,15,19,22,25,29,35-43H2,1-2H3/b7-5+,8-6+,12-10+,13-11+,16-14+,18-17+,21-20+,24-23+,28-26+,30-27+,33-31+,34-32+/t44?,45-,48+,49?,50?,51-/m0/s1. The molecule has 1 aliphatic heterocycles. The fraction of sp³-hybridized carbons (Fsp3) is 0.490. The molecule has 1 fully saturated rings. The lowest BCUT2D eigenvalue weighted by molar-refractivity contribution is -0.305. The van der Waals surface area contributed by atoms with E-state index in [0.717, 1.165) is 51.4 Å². The fourth-order valence-corrected chi connectivity index (χ4v) is 5.44. The van der Waals surface area contributed by atoms with E-state index in [1.54, 1.807) is 0 Å². The summed E-state index contributed by atoms with van der Waals surface area (Å²) in [6.45, 7) is 2.99. The third kappa shape index (κ3) is 31.1. The first kappa shape index (κ1) is 54.6. The first-order chi connectivity index (χ1) is 29.8. The molecule has 1 heterocycles. The number of carbonyl (C=O) groups excluding carboxylic acids is 2. The Labute approximate surface area is 366 Å². The van der Waals surface area contributed by atoms with Gasteiger partial charge in [-0.3, -0.25) is 9.59 Å². The van der Waals surface area contributed by atoms with Crippen molar-refractivity contribution in [2.75, 3.05) is 19.8 Å². The lowest BCUT2D eigenvalue weighted by Crippen LogP contribution is -2.59. The highest BCUT2D eigenvalue weighted by Crippen LogP contribution is 2.22. The summed E-state index contributed by atoms with van der Waals surface area (Å²) >= 11 is 0. The van der Waals surface area contributed by atoms with Crippen molar-refractivity contribution in [1.82, 2.24) is 0 Å². The van der Waals surface area contributed by atoms with Gasteiger partial charge in [-0.15, -0.1) is 0 Å². The Hall–Kier alpha value is -4.42.